The van der Waals surface area contributed by atoms with E-state index in [1.165, 1.54) is 18.2 Å². The van der Waals surface area contributed by atoms with Crippen LogP contribution in [-0.2, 0) is 4.79 Å². The van der Waals surface area contributed by atoms with Crippen LogP contribution in [0, 0.1) is 11.7 Å². The summed E-state index contributed by atoms with van der Waals surface area (Å²) in [6.45, 7) is 0.758. The van der Waals surface area contributed by atoms with Gasteiger partial charge in [-0.2, -0.15) is 0 Å². The smallest absolute Gasteiger partial charge is 0.258 e. The van der Waals surface area contributed by atoms with Gasteiger partial charge in [-0.25, -0.2) is 4.39 Å². The Morgan fingerprint density at radius 2 is 1.81 bits per heavy atom. The van der Waals surface area contributed by atoms with E-state index in [4.69, 9.17) is 16.3 Å². The van der Waals surface area contributed by atoms with Crippen molar-refractivity contribution >= 4 is 29.1 Å². The Hall–Kier alpha value is -2.60. The average molecular weight is 391 g/mol. The van der Waals surface area contributed by atoms with Crippen LogP contribution in [0.25, 0.3) is 0 Å². The summed E-state index contributed by atoms with van der Waals surface area (Å²) < 4.78 is 19.0. The number of nitrogens with zero attached hydrogens (tertiary/aromatic N) is 1. The molecule has 0 aromatic heterocycles. The predicted molar refractivity (Wildman–Crippen MR) is 102 cm³/mol. The lowest BCUT2D eigenvalue weighted by atomic mass is 9.95. The molecule has 5 nitrogen and oxygen atoms in total. The molecule has 1 fully saturated rings. The van der Waals surface area contributed by atoms with Crippen LogP contribution in [-0.4, -0.2) is 36.9 Å². The standard InChI is InChI=1S/C20H20ClFN2O3/c1-27-15-7-5-14(6-8-15)23-19(25)13-9-11-24(12-10-13)20(26)18-16(21)3-2-4-17(18)22/h2-8,13H,9-12H2,1H3,(H,23,25). The summed E-state index contributed by atoms with van der Waals surface area (Å²) in [6, 6.07) is 11.3. The monoisotopic (exact) mass is 390 g/mol. The molecule has 142 valence electrons. The number of ether oxygens (including phenoxy) is 1. The highest BCUT2D eigenvalue weighted by Gasteiger charge is 2.29. The van der Waals surface area contributed by atoms with Crippen molar-refractivity contribution in [3.63, 3.8) is 0 Å². The van der Waals surface area contributed by atoms with Gasteiger partial charge < -0.3 is 15.0 Å². The Morgan fingerprint density at radius 1 is 1.15 bits per heavy atom. The predicted octanol–water partition coefficient (Wildman–Crippen LogP) is 3.98. The van der Waals surface area contributed by atoms with Gasteiger partial charge in [0, 0.05) is 24.7 Å². The summed E-state index contributed by atoms with van der Waals surface area (Å²) in [4.78, 5) is 26.6. The van der Waals surface area contributed by atoms with Crippen LogP contribution >= 0.6 is 11.6 Å². The zero-order valence-corrected chi connectivity index (χ0v) is 15.6. The van der Waals surface area contributed by atoms with E-state index in [1.54, 1.807) is 36.3 Å². The molecule has 0 radical (unpaired) electrons. The van der Waals surface area contributed by atoms with Crippen molar-refractivity contribution in [3.05, 3.63) is 58.9 Å². The molecule has 1 heterocycles. The molecule has 3 rings (SSSR count). The molecule has 2 aromatic carbocycles. The molecule has 0 saturated carbocycles. The molecule has 1 aliphatic rings. The van der Waals surface area contributed by atoms with Gasteiger partial charge in [0.25, 0.3) is 5.91 Å². The fourth-order valence-electron chi connectivity index (χ4n) is 3.12. The largest absolute Gasteiger partial charge is 0.497 e. The number of carbonyl (C=O) groups is 2. The molecular weight excluding hydrogens is 371 g/mol. The number of amides is 2. The number of hydrogen-bond donors (Lipinski definition) is 1. The van der Waals surface area contributed by atoms with Crippen LogP contribution in [0.4, 0.5) is 10.1 Å². The van der Waals surface area contributed by atoms with E-state index in [2.05, 4.69) is 5.32 Å². The molecule has 1 aliphatic heterocycles. The van der Waals surface area contributed by atoms with E-state index in [9.17, 15) is 14.0 Å². The zero-order valence-electron chi connectivity index (χ0n) is 14.9. The van der Waals surface area contributed by atoms with Crippen molar-refractivity contribution < 1.29 is 18.7 Å². The number of nitrogens with one attached hydrogen (secondary N) is 1. The van der Waals surface area contributed by atoms with Crippen LogP contribution in [0.2, 0.25) is 5.02 Å². The normalized spacial score (nSPS) is 14.7. The second-order valence-corrected chi connectivity index (χ2v) is 6.79. The number of piperidine rings is 1. The van der Waals surface area contributed by atoms with Crippen LogP contribution in [0.1, 0.15) is 23.2 Å². The number of carbonyl (C=O) groups excluding carboxylic acids is 2. The molecule has 7 heteroatoms. The first kappa shape index (κ1) is 19.2. The molecule has 1 saturated heterocycles. The molecule has 27 heavy (non-hydrogen) atoms. The van der Waals surface area contributed by atoms with Crippen LogP contribution in [0.3, 0.4) is 0 Å². The van der Waals surface area contributed by atoms with E-state index in [-0.39, 0.29) is 22.4 Å². The molecule has 0 spiro atoms. The molecule has 1 N–H and O–H groups in total. The van der Waals surface area contributed by atoms with E-state index in [1.807, 2.05) is 0 Å². The summed E-state index contributed by atoms with van der Waals surface area (Å²) in [5, 5.41) is 2.97. The first-order valence-electron chi connectivity index (χ1n) is 8.68. The lowest BCUT2D eigenvalue weighted by Gasteiger charge is -2.31. The second kappa shape index (κ2) is 8.39. The zero-order chi connectivity index (χ0) is 19.4. The summed E-state index contributed by atoms with van der Waals surface area (Å²) in [5.41, 5.74) is 0.581. The minimum absolute atomic E-state index is 0.0869. The summed E-state index contributed by atoms with van der Waals surface area (Å²) >= 11 is 5.97. The highest BCUT2D eigenvalue weighted by atomic mass is 35.5. The average Bonchev–Trinajstić information content (AvgIpc) is 2.68. The van der Waals surface area contributed by atoms with Crippen molar-refractivity contribution in [2.24, 2.45) is 5.92 Å². The third kappa shape index (κ3) is 4.39. The maximum atomic E-state index is 14.0. The molecule has 2 aromatic rings. The van der Waals surface area contributed by atoms with E-state index in [0.717, 1.165) is 0 Å². The Balaban J connectivity index is 1.58. The van der Waals surface area contributed by atoms with Crippen molar-refractivity contribution in [3.8, 4) is 5.75 Å². The van der Waals surface area contributed by atoms with Gasteiger partial charge in [0.2, 0.25) is 5.91 Å². The first-order valence-corrected chi connectivity index (χ1v) is 9.05. The van der Waals surface area contributed by atoms with Crippen LogP contribution in [0.15, 0.2) is 42.5 Å². The van der Waals surface area contributed by atoms with Gasteiger partial charge in [0.15, 0.2) is 0 Å². The van der Waals surface area contributed by atoms with Gasteiger partial charge in [0.05, 0.1) is 17.7 Å². The number of anilines is 1. The SMILES string of the molecule is COc1ccc(NC(=O)C2CCN(C(=O)c3c(F)cccc3Cl)CC2)cc1. The fourth-order valence-corrected chi connectivity index (χ4v) is 3.37. The lowest BCUT2D eigenvalue weighted by molar-refractivity contribution is -0.121. The van der Waals surface area contributed by atoms with E-state index >= 15 is 0 Å². The molecule has 0 aliphatic carbocycles. The number of hydrogen-bond acceptors (Lipinski definition) is 3. The van der Waals surface area contributed by atoms with Crippen molar-refractivity contribution in [2.45, 2.75) is 12.8 Å². The van der Waals surface area contributed by atoms with Gasteiger partial charge in [0.1, 0.15) is 11.6 Å². The topological polar surface area (TPSA) is 58.6 Å². The maximum Gasteiger partial charge on any atom is 0.258 e. The van der Waals surface area contributed by atoms with Gasteiger partial charge >= 0.3 is 0 Å². The Bertz CT molecular complexity index is 813. The Kier molecular flexibility index (Phi) is 5.96. The molecule has 2 amide bonds. The van der Waals surface area contributed by atoms with E-state index < -0.39 is 11.7 Å². The molecule has 0 unspecified atom stereocenters. The maximum absolute atomic E-state index is 14.0. The number of methoxy groups -OCH3 is 1. The van der Waals surface area contributed by atoms with Crippen molar-refractivity contribution in [2.75, 3.05) is 25.5 Å². The second-order valence-electron chi connectivity index (χ2n) is 6.38. The van der Waals surface area contributed by atoms with Crippen molar-refractivity contribution in [1.82, 2.24) is 4.90 Å². The van der Waals surface area contributed by atoms with Crippen LogP contribution in [0.5, 0.6) is 5.75 Å². The van der Waals surface area contributed by atoms with Crippen molar-refractivity contribution in [1.29, 1.82) is 0 Å². The summed E-state index contributed by atoms with van der Waals surface area (Å²) in [5.74, 6) is -0.644. The highest BCUT2D eigenvalue weighted by Crippen LogP contribution is 2.25. The summed E-state index contributed by atoms with van der Waals surface area (Å²) in [7, 11) is 1.58. The van der Waals surface area contributed by atoms with Gasteiger partial charge in [-0.1, -0.05) is 17.7 Å². The quantitative estimate of drug-likeness (QED) is 0.859. The third-order valence-electron chi connectivity index (χ3n) is 4.69. The molecule has 0 bridgehead atoms. The first-order chi connectivity index (χ1) is 13.0. The van der Waals surface area contributed by atoms with Crippen LogP contribution < -0.4 is 10.1 Å². The minimum atomic E-state index is -0.633. The number of likely N-dealkylation sites (tertiary alicyclic amines) is 1. The number of rotatable bonds is 4. The summed E-state index contributed by atoms with van der Waals surface area (Å²) in [6.07, 6.45) is 1.03. The van der Waals surface area contributed by atoms with Gasteiger partial charge in [-0.3, -0.25) is 9.59 Å². The van der Waals surface area contributed by atoms with E-state index in [0.29, 0.717) is 37.4 Å². The number of halogens is 2. The Labute approximate surface area is 162 Å². The van der Waals surface area contributed by atoms with Gasteiger partial charge in [-0.05, 0) is 49.2 Å². The molecular formula is C20H20ClFN2O3. The lowest BCUT2D eigenvalue weighted by Crippen LogP contribution is -2.41. The third-order valence-corrected chi connectivity index (χ3v) is 5.00. The Morgan fingerprint density at radius 3 is 2.41 bits per heavy atom. The number of benzene rings is 2. The minimum Gasteiger partial charge on any atom is -0.497 e. The molecule has 0 atom stereocenters. The fraction of sp³-hybridized carbons (Fsp3) is 0.300. The van der Waals surface area contributed by atoms with Gasteiger partial charge in [-0.15, -0.1) is 0 Å². The highest BCUT2D eigenvalue weighted by molar-refractivity contribution is 6.33.